The van der Waals surface area contributed by atoms with Crippen molar-refractivity contribution in [2.75, 3.05) is 18.0 Å². The summed E-state index contributed by atoms with van der Waals surface area (Å²) >= 11 is 2.44. The molecule has 4 aliphatic rings. The van der Waals surface area contributed by atoms with Gasteiger partial charge in [0.15, 0.2) is 10.8 Å². The number of pyridine rings is 1. The molecule has 0 spiro atoms. The van der Waals surface area contributed by atoms with E-state index in [1.54, 1.807) is 29.9 Å². The van der Waals surface area contributed by atoms with E-state index in [0.717, 1.165) is 48.1 Å². The number of amides is 3. The number of nitrogens with one attached hydrogen (secondary N) is 2. The predicted molar refractivity (Wildman–Crippen MR) is 193 cm³/mol. The number of nitrogens with two attached hydrogens (primary N) is 1. The molecule has 2 saturated heterocycles. The maximum Gasteiger partial charge on any atom is 0.352 e. The van der Waals surface area contributed by atoms with Crippen molar-refractivity contribution in [1.82, 2.24) is 25.5 Å². The van der Waals surface area contributed by atoms with Crippen LogP contribution >= 0.6 is 23.1 Å². The number of nitrogen functional groups attached to an aromatic ring is 1. The SMILES string of the molecule is N#Cc1ccc(CC(C(=C2CCNC2=O)C2=C(C(=O)O)N3C(=O)[C@@H](NC(=O)C(=NOC4CCCC4)c4csc(N)n4)[C@H]3SC2)c2ccncc2)cc1. The van der Waals surface area contributed by atoms with Crippen LogP contribution in [0.2, 0.25) is 0 Å². The first kappa shape index (κ1) is 34.9. The quantitative estimate of drug-likeness (QED) is 0.0970. The molecule has 1 unspecified atom stereocenters. The molecule has 3 aromatic rings. The summed E-state index contributed by atoms with van der Waals surface area (Å²) < 4.78 is 0. The van der Waals surface area contributed by atoms with Gasteiger partial charge in [-0.25, -0.2) is 9.78 Å². The summed E-state index contributed by atoms with van der Waals surface area (Å²) in [6.07, 6.45) is 7.52. The highest BCUT2D eigenvalue weighted by Gasteiger charge is 2.55. The zero-order chi connectivity index (χ0) is 36.4. The number of hydrogen-bond donors (Lipinski definition) is 4. The van der Waals surface area contributed by atoms with E-state index in [1.807, 2.05) is 24.3 Å². The first-order valence-corrected chi connectivity index (χ1v) is 18.7. The maximum absolute atomic E-state index is 13.9. The lowest BCUT2D eigenvalue weighted by molar-refractivity contribution is -0.150. The fourth-order valence-corrected chi connectivity index (χ4v) is 8.98. The summed E-state index contributed by atoms with van der Waals surface area (Å²) in [5, 5.41) is 30.9. The summed E-state index contributed by atoms with van der Waals surface area (Å²) in [4.78, 5) is 69.3. The third kappa shape index (κ3) is 6.89. The van der Waals surface area contributed by atoms with Gasteiger partial charge in [-0.1, -0.05) is 17.3 Å². The van der Waals surface area contributed by atoms with Gasteiger partial charge in [0.2, 0.25) is 5.91 Å². The minimum Gasteiger partial charge on any atom is -0.477 e. The van der Waals surface area contributed by atoms with Crippen molar-refractivity contribution in [2.45, 2.75) is 62.0 Å². The van der Waals surface area contributed by atoms with E-state index in [0.29, 0.717) is 41.7 Å². The number of carbonyl (C=O) groups is 4. The lowest BCUT2D eigenvalue weighted by Gasteiger charge is -2.50. The first-order valence-electron chi connectivity index (χ1n) is 16.8. The van der Waals surface area contributed by atoms with E-state index >= 15 is 0 Å². The van der Waals surface area contributed by atoms with Crippen LogP contribution in [-0.2, 0) is 30.4 Å². The summed E-state index contributed by atoms with van der Waals surface area (Å²) in [5.74, 6) is -3.27. The molecule has 1 aliphatic carbocycles. The minimum absolute atomic E-state index is 0.121. The molecule has 52 heavy (non-hydrogen) atoms. The van der Waals surface area contributed by atoms with E-state index < -0.39 is 35.1 Å². The van der Waals surface area contributed by atoms with Crippen molar-refractivity contribution < 1.29 is 29.1 Å². The number of aliphatic carboxylic acids is 1. The minimum atomic E-state index is -1.33. The number of carboxylic acid groups (broad SMARTS) is 1. The zero-order valence-electron chi connectivity index (χ0n) is 27.8. The maximum atomic E-state index is 13.9. The number of nitrogens with zero attached hydrogens (tertiary/aromatic N) is 5. The van der Waals surface area contributed by atoms with Crippen molar-refractivity contribution in [3.8, 4) is 6.07 Å². The van der Waals surface area contributed by atoms with Crippen LogP contribution in [0.4, 0.5) is 5.13 Å². The Bertz CT molecular complexity index is 2050. The van der Waals surface area contributed by atoms with Crippen LogP contribution in [0, 0.1) is 11.3 Å². The molecule has 5 N–H and O–H groups in total. The molecule has 3 aliphatic heterocycles. The molecular formula is C36H34N8O6S2. The van der Waals surface area contributed by atoms with Crippen LogP contribution in [0.25, 0.3) is 0 Å². The number of oxime groups is 1. The van der Waals surface area contributed by atoms with Gasteiger partial charge in [0.05, 0.1) is 11.6 Å². The molecule has 2 aromatic heterocycles. The first-order chi connectivity index (χ1) is 25.2. The van der Waals surface area contributed by atoms with Gasteiger partial charge in [-0.15, -0.1) is 23.1 Å². The highest BCUT2D eigenvalue weighted by Crippen LogP contribution is 2.47. The Kier molecular flexibility index (Phi) is 10.1. The largest absolute Gasteiger partial charge is 0.477 e. The van der Waals surface area contributed by atoms with Crippen LogP contribution in [0.3, 0.4) is 0 Å². The van der Waals surface area contributed by atoms with Gasteiger partial charge in [0.25, 0.3) is 11.8 Å². The van der Waals surface area contributed by atoms with Crippen molar-refractivity contribution >= 4 is 57.6 Å². The number of anilines is 1. The molecule has 0 bridgehead atoms. The lowest BCUT2D eigenvalue weighted by atomic mass is 9.78. The van der Waals surface area contributed by atoms with Crippen LogP contribution < -0.4 is 16.4 Å². The number of benzene rings is 1. The van der Waals surface area contributed by atoms with Gasteiger partial charge >= 0.3 is 5.97 Å². The standard InChI is InChI=1S/C36H34N8O6S2/c37-16-20-7-5-19(6-8-20)15-24(21-9-12-39-13-10-21)27(23-11-14-40-31(23)45)25-17-51-34-29(33(47)44(34)30(25)35(48)49)42-32(46)28(26-18-52-36(38)41-26)43-50-22-3-1-2-4-22/h5-10,12-13,18,22,24,29,34H,1-4,11,14-15,17H2,(H2,38,41)(H,40,45)(H,42,46)(H,48,49)/t24?,29-,34-/m1/s1. The fraction of sp³-hybridized carbons (Fsp3) is 0.333. The number of hydrogen-bond acceptors (Lipinski definition) is 12. The summed E-state index contributed by atoms with van der Waals surface area (Å²) in [5.41, 5.74) is 9.22. The van der Waals surface area contributed by atoms with E-state index in [-0.39, 0.29) is 40.0 Å². The topological polar surface area (TPSA) is 213 Å². The zero-order valence-corrected chi connectivity index (χ0v) is 29.4. The van der Waals surface area contributed by atoms with Gasteiger partial charge in [-0.2, -0.15) is 5.26 Å². The van der Waals surface area contributed by atoms with Crippen LogP contribution in [0.5, 0.6) is 0 Å². The molecule has 3 amide bonds. The molecule has 3 fully saturated rings. The van der Waals surface area contributed by atoms with Gasteiger partial charge < -0.3 is 26.3 Å². The second-order valence-electron chi connectivity index (χ2n) is 12.8. The normalized spacial score (nSPS) is 21.9. The Hall–Kier alpha value is -5.53. The average Bonchev–Trinajstić information content (AvgIpc) is 3.94. The Morgan fingerprint density at radius 1 is 1.17 bits per heavy atom. The molecule has 1 saturated carbocycles. The van der Waals surface area contributed by atoms with Crippen molar-refractivity contribution in [2.24, 2.45) is 5.16 Å². The van der Waals surface area contributed by atoms with Crippen LogP contribution in [0.15, 0.2) is 81.7 Å². The second-order valence-corrected chi connectivity index (χ2v) is 14.8. The number of thioether (sulfide) groups is 1. The number of carboxylic acids is 1. The number of thiazole rings is 1. The summed E-state index contributed by atoms with van der Waals surface area (Å²) in [7, 11) is 0. The number of allylic oxidation sites excluding steroid dienone is 1. The molecule has 7 rings (SSSR count). The lowest BCUT2D eigenvalue weighted by Crippen LogP contribution is -2.71. The Balaban J connectivity index is 1.23. The summed E-state index contributed by atoms with van der Waals surface area (Å²) in [6.45, 7) is 0.388. The molecule has 3 atom stereocenters. The monoisotopic (exact) mass is 738 g/mol. The average molecular weight is 739 g/mol. The van der Waals surface area contributed by atoms with Crippen LogP contribution in [-0.4, -0.2) is 79.2 Å². The Labute approximate surface area is 306 Å². The van der Waals surface area contributed by atoms with Gasteiger partial charge in [-0.05, 0) is 85.1 Å². The third-order valence-corrected chi connectivity index (χ3v) is 11.6. The summed E-state index contributed by atoms with van der Waals surface area (Å²) in [6, 6.07) is 11.8. The number of β-lactam (4-membered cyclic amide) rings is 1. The number of fused-ring (bicyclic) bond motifs is 1. The van der Waals surface area contributed by atoms with E-state index in [9.17, 15) is 29.5 Å². The number of rotatable bonds is 11. The van der Waals surface area contributed by atoms with Crippen molar-refractivity contribution in [3.05, 3.63) is 99.0 Å². The van der Waals surface area contributed by atoms with E-state index in [4.69, 9.17) is 10.6 Å². The second kappa shape index (κ2) is 15.0. The highest BCUT2D eigenvalue weighted by molar-refractivity contribution is 8.00. The molecule has 0 radical (unpaired) electrons. The third-order valence-electron chi connectivity index (χ3n) is 9.60. The van der Waals surface area contributed by atoms with Gasteiger partial charge in [0.1, 0.15) is 28.9 Å². The highest BCUT2D eigenvalue weighted by atomic mass is 32.2. The Morgan fingerprint density at radius 3 is 2.56 bits per heavy atom. The molecular weight excluding hydrogens is 705 g/mol. The molecule has 5 heterocycles. The van der Waals surface area contributed by atoms with Crippen molar-refractivity contribution in [1.29, 1.82) is 5.26 Å². The number of carbonyl (C=O) groups excluding carboxylic acids is 3. The van der Waals surface area contributed by atoms with Crippen molar-refractivity contribution in [3.63, 3.8) is 0 Å². The number of aromatic nitrogens is 2. The predicted octanol–water partition coefficient (Wildman–Crippen LogP) is 3.24. The smallest absolute Gasteiger partial charge is 0.352 e. The van der Waals surface area contributed by atoms with E-state index in [1.165, 1.54) is 16.7 Å². The van der Waals surface area contributed by atoms with E-state index in [2.05, 4.69) is 31.8 Å². The van der Waals surface area contributed by atoms with Gasteiger partial charge in [-0.3, -0.25) is 24.3 Å². The fourth-order valence-electron chi connectivity index (χ4n) is 7.07. The van der Waals surface area contributed by atoms with Gasteiger partial charge in [0, 0.05) is 41.6 Å². The Morgan fingerprint density at radius 2 is 1.92 bits per heavy atom. The van der Waals surface area contributed by atoms with Crippen LogP contribution in [0.1, 0.15) is 60.4 Å². The molecule has 16 heteroatoms. The molecule has 14 nitrogen and oxygen atoms in total. The number of nitriles is 1. The molecule has 1 aromatic carbocycles. The molecule has 266 valence electrons.